The zero-order valence-electron chi connectivity index (χ0n) is 6.43. The van der Waals surface area contributed by atoms with E-state index in [1.165, 1.54) is 0 Å². The van der Waals surface area contributed by atoms with Gasteiger partial charge < -0.3 is 16.2 Å². The van der Waals surface area contributed by atoms with Gasteiger partial charge in [0.05, 0.1) is 6.10 Å². The predicted octanol–water partition coefficient (Wildman–Crippen LogP) is -0.694. The average molecular weight is 144 g/mol. The molecule has 4 N–H and O–H groups in total. The molecule has 0 bridgehead atoms. The number of nitrogens with two attached hydrogens (primary N) is 1. The Kier molecular flexibility index (Phi) is 2.28. The maximum atomic E-state index is 9.49. The van der Waals surface area contributed by atoms with Crippen LogP contribution in [0.5, 0.6) is 0 Å². The number of hydrogen-bond donors (Lipinski definition) is 3. The quantitative estimate of drug-likeness (QED) is 0.456. The summed E-state index contributed by atoms with van der Waals surface area (Å²) in [5.41, 5.74) is 5.49. The average Bonchev–Trinajstić information content (AvgIpc) is 1.96. The van der Waals surface area contributed by atoms with Crippen molar-refractivity contribution >= 4 is 0 Å². The number of piperidine rings is 1. The molecule has 0 spiro atoms. The highest BCUT2D eigenvalue weighted by atomic mass is 16.3. The summed E-state index contributed by atoms with van der Waals surface area (Å²) in [7, 11) is 0. The van der Waals surface area contributed by atoms with Crippen LogP contribution >= 0.6 is 0 Å². The van der Waals surface area contributed by atoms with E-state index in [0.29, 0.717) is 13.1 Å². The van der Waals surface area contributed by atoms with Gasteiger partial charge in [-0.15, -0.1) is 0 Å². The molecule has 1 rings (SSSR count). The minimum atomic E-state index is -0.272. The van der Waals surface area contributed by atoms with Gasteiger partial charge in [-0.2, -0.15) is 0 Å². The molecule has 60 valence electrons. The van der Waals surface area contributed by atoms with E-state index < -0.39 is 0 Å². The third kappa shape index (κ3) is 1.31. The highest BCUT2D eigenvalue weighted by Crippen LogP contribution is 2.26. The Bertz CT molecular complexity index is 118. The Labute approximate surface area is 61.6 Å². The smallest absolute Gasteiger partial charge is 0.0730 e. The first-order chi connectivity index (χ1) is 4.69. The van der Waals surface area contributed by atoms with Crippen molar-refractivity contribution in [1.82, 2.24) is 5.32 Å². The lowest BCUT2D eigenvalue weighted by Gasteiger charge is -2.37. The molecule has 0 radical (unpaired) electrons. The summed E-state index contributed by atoms with van der Waals surface area (Å²) in [6.45, 7) is 4.28. The molecule has 0 aromatic heterocycles. The molecule has 1 aliphatic heterocycles. The van der Waals surface area contributed by atoms with Gasteiger partial charge in [0.15, 0.2) is 0 Å². The van der Waals surface area contributed by atoms with Crippen LogP contribution in [0.4, 0.5) is 0 Å². The lowest BCUT2D eigenvalue weighted by atomic mass is 9.79. The summed E-state index contributed by atoms with van der Waals surface area (Å²) in [6, 6.07) is 0. The van der Waals surface area contributed by atoms with E-state index in [1.54, 1.807) is 0 Å². The van der Waals surface area contributed by atoms with E-state index in [9.17, 15) is 5.11 Å². The molecule has 10 heavy (non-hydrogen) atoms. The van der Waals surface area contributed by atoms with Crippen molar-refractivity contribution in [3.63, 3.8) is 0 Å². The summed E-state index contributed by atoms with van der Waals surface area (Å²) >= 11 is 0. The molecular weight excluding hydrogens is 128 g/mol. The fraction of sp³-hybridized carbons (Fsp3) is 1.00. The Morgan fingerprint density at radius 1 is 1.80 bits per heavy atom. The van der Waals surface area contributed by atoms with Crippen molar-refractivity contribution in [3.8, 4) is 0 Å². The van der Waals surface area contributed by atoms with Crippen LogP contribution in [0.3, 0.4) is 0 Å². The zero-order valence-corrected chi connectivity index (χ0v) is 6.43. The van der Waals surface area contributed by atoms with E-state index in [-0.39, 0.29) is 11.5 Å². The highest BCUT2D eigenvalue weighted by molar-refractivity contribution is 4.88. The number of aliphatic hydroxyl groups excluding tert-OH is 1. The third-order valence-electron chi connectivity index (χ3n) is 2.48. The number of hydrogen-bond acceptors (Lipinski definition) is 3. The van der Waals surface area contributed by atoms with E-state index in [4.69, 9.17) is 5.73 Å². The van der Waals surface area contributed by atoms with Crippen LogP contribution in [0.2, 0.25) is 0 Å². The van der Waals surface area contributed by atoms with Gasteiger partial charge in [-0.3, -0.25) is 0 Å². The van der Waals surface area contributed by atoms with Gasteiger partial charge in [-0.05, 0) is 13.0 Å². The first-order valence-corrected chi connectivity index (χ1v) is 3.78. The molecule has 1 fully saturated rings. The zero-order chi connectivity index (χ0) is 7.61. The van der Waals surface area contributed by atoms with Gasteiger partial charge in [0.1, 0.15) is 0 Å². The largest absolute Gasteiger partial charge is 0.391 e. The SMILES string of the molecule is CC1(CN)CCNCC1O. The van der Waals surface area contributed by atoms with Crippen molar-refractivity contribution in [1.29, 1.82) is 0 Å². The first kappa shape index (κ1) is 7.98. The molecule has 0 amide bonds. The Balaban J connectivity index is 2.54. The minimum absolute atomic E-state index is 0.0503. The van der Waals surface area contributed by atoms with Crippen LogP contribution in [0.1, 0.15) is 13.3 Å². The molecular formula is C7H16N2O. The number of aliphatic hydroxyl groups is 1. The van der Waals surface area contributed by atoms with E-state index >= 15 is 0 Å². The van der Waals surface area contributed by atoms with Crippen LogP contribution in [0.15, 0.2) is 0 Å². The second-order valence-electron chi connectivity index (χ2n) is 3.33. The Hall–Kier alpha value is -0.120. The normalized spacial score (nSPS) is 41.7. The summed E-state index contributed by atoms with van der Waals surface area (Å²) < 4.78 is 0. The third-order valence-corrected chi connectivity index (χ3v) is 2.48. The van der Waals surface area contributed by atoms with Crippen LogP contribution in [0.25, 0.3) is 0 Å². The molecule has 0 aliphatic carbocycles. The topological polar surface area (TPSA) is 58.3 Å². The maximum absolute atomic E-state index is 9.49. The van der Waals surface area contributed by atoms with Gasteiger partial charge in [0.2, 0.25) is 0 Å². The number of rotatable bonds is 1. The molecule has 0 saturated carbocycles. The van der Waals surface area contributed by atoms with Crippen LogP contribution in [-0.2, 0) is 0 Å². The molecule has 0 aromatic carbocycles. The Morgan fingerprint density at radius 2 is 2.50 bits per heavy atom. The molecule has 2 unspecified atom stereocenters. The number of β-amino-alcohol motifs (C(OH)–C–C–N with tert-alkyl or cyclic N) is 1. The molecule has 1 aliphatic rings. The standard InChI is InChI=1S/C7H16N2O/c1-7(5-8)2-3-9-4-6(7)10/h6,9-10H,2-5,8H2,1H3. The fourth-order valence-corrected chi connectivity index (χ4v) is 1.26. The fourth-order valence-electron chi connectivity index (χ4n) is 1.26. The highest BCUT2D eigenvalue weighted by Gasteiger charge is 2.33. The maximum Gasteiger partial charge on any atom is 0.0730 e. The first-order valence-electron chi connectivity index (χ1n) is 3.78. The lowest BCUT2D eigenvalue weighted by molar-refractivity contribution is 0.0182. The van der Waals surface area contributed by atoms with Crippen LogP contribution < -0.4 is 11.1 Å². The molecule has 3 heteroatoms. The molecule has 1 saturated heterocycles. The van der Waals surface area contributed by atoms with Crippen LogP contribution in [-0.4, -0.2) is 30.8 Å². The summed E-state index contributed by atoms with van der Waals surface area (Å²) in [5, 5.41) is 12.6. The lowest BCUT2D eigenvalue weighted by Crippen LogP contribution is -2.50. The van der Waals surface area contributed by atoms with Gasteiger partial charge in [-0.1, -0.05) is 6.92 Å². The van der Waals surface area contributed by atoms with E-state index in [2.05, 4.69) is 5.32 Å². The predicted molar refractivity (Wildman–Crippen MR) is 40.7 cm³/mol. The molecule has 3 nitrogen and oxygen atoms in total. The van der Waals surface area contributed by atoms with Crippen molar-refractivity contribution in [2.24, 2.45) is 11.1 Å². The van der Waals surface area contributed by atoms with Crippen molar-refractivity contribution in [2.75, 3.05) is 19.6 Å². The summed E-state index contributed by atoms with van der Waals surface area (Å²) in [6.07, 6.45) is 0.705. The van der Waals surface area contributed by atoms with Gasteiger partial charge in [-0.25, -0.2) is 0 Å². The van der Waals surface area contributed by atoms with Gasteiger partial charge in [0.25, 0.3) is 0 Å². The molecule has 2 atom stereocenters. The molecule has 0 aromatic rings. The minimum Gasteiger partial charge on any atom is -0.391 e. The van der Waals surface area contributed by atoms with Gasteiger partial charge in [0, 0.05) is 18.5 Å². The van der Waals surface area contributed by atoms with E-state index in [1.807, 2.05) is 6.92 Å². The second-order valence-corrected chi connectivity index (χ2v) is 3.33. The van der Waals surface area contributed by atoms with Crippen LogP contribution in [0, 0.1) is 5.41 Å². The van der Waals surface area contributed by atoms with Crippen molar-refractivity contribution < 1.29 is 5.11 Å². The molecule has 1 heterocycles. The van der Waals surface area contributed by atoms with Crippen molar-refractivity contribution in [2.45, 2.75) is 19.4 Å². The second kappa shape index (κ2) is 2.86. The summed E-state index contributed by atoms with van der Waals surface area (Å²) in [4.78, 5) is 0. The number of nitrogens with one attached hydrogen (secondary N) is 1. The van der Waals surface area contributed by atoms with Crippen molar-refractivity contribution in [3.05, 3.63) is 0 Å². The monoisotopic (exact) mass is 144 g/mol. The van der Waals surface area contributed by atoms with E-state index in [0.717, 1.165) is 13.0 Å². The summed E-state index contributed by atoms with van der Waals surface area (Å²) in [5.74, 6) is 0. The Morgan fingerprint density at radius 3 is 2.90 bits per heavy atom. The van der Waals surface area contributed by atoms with Gasteiger partial charge >= 0.3 is 0 Å².